The number of fused-ring (bicyclic) bond motifs is 1. The first-order valence-electron chi connectivity index (χ1n) is 10.9. The normalized spacial score (nSPS) is 20.2. The molecule has 2 aliphatic rings. The van der Waals surface area contributed by atoms with Crippen LogP contribution in [0.3, 0.4) is 0 Å². The van der Waals surface area contributed by atoms with Gasteiger partial charge in [0.25, 0.3) is 5.91 Å². The van der Waals surface area contributed by atoms with Crippen molar-refractivity contribution < 1.29 is 36.5 Å². The lowest BCUT2D eigenvalue weighted by Gasteiger charge is -2.49. The van der Waals surface area contributed by atoms with Crippen LogP contribution in [0.25, 0.3) is 0 Å². The molecule has 10 nitrogen and oxygen atoms in total. The van der Waals surface area contributed by atoms with E-state index in [0.29, 0.717) is 5.56 Å². The van der Waals surface area contributed by atoms with E-state index in [1.165, 1.54) is 18.9 Å². The molecule has 0 spiro atoms. The molecule has 190 valence electrons. The van der Waals surface area contributed by atoms with Gasteiger partial charge in [0.2, 0.25) is 12.2 Å². The third-order valence-corrected chi connectivity index (χ3v) is 7.16. The molecule has 2 aliphatic heterocycles. The van der Waals surface area contributed by atoms with Gasteiger partial charge in [-0.25, -0.2) is 4.79 Å². The molecule has 0 radical (unpaired) electrons. The molecule has 12 heteroatoms. The first-order chi connectivity index (χ1) is 17.2. The number of carbonyl (C=O) groups is 3. The highest BCUT2D eigenvalue weighted by molar-refractivity contribution is 8.00. The second kappa shape index (κ2) is 10.7. The van der Waals surface area contributed by atoms with E-state index in [9.17, 15) is 22.8 Å². The molecule has 2 aromatic carbocycles. The van der Waals surface area contributed by atoms with E-state index in [-0.39, 0.29) is 29.5 Å². The van der Waals surface area contributed by atoms with Crippen LogP contribution in [-0.2, 0) is 44.6 Å². The number of carbonyl (C=O) groups excluding carboxylic acids is 3. The number of rotatable bonds is 9. The lowest BCUT2D eigenvalue weighted by Crippen LogP contribution is -2.70. The Balaban J connectivity index is 1.54. The van der Waals surface area contributed by atoms with E-state index in [1.807, 2.05) is 18.2 Å². The summed E-state index contributed by atoms with van der Waals surface area (Å²) in [5.74, 6) is -2.18. The Kier molecular flexibility index (Phi) is 7.67. The van der Waals surface area contributed by atoms with Crippen LogP contribution < -0.4 is 5.32 Å². The van der Waals surface area contributed by atoms with Gasteiger partial charge in [-0.1, -0.05) is 60.7 Å². The van der Waals surface area contributed by atoms with Gasteiger partial charge in [0, 0.05) is 12.7 Å². The number of methoxy groups -OCH3 is 1. The van der Waals surface area contributed by atoms with Gasteiger partial charge in [-0.15, -0.1) is 11.8 Å². The van der Waals surface area contributed by atoms with E-state index < -0.39 is 39.7 Å². The Labute approximate surface area is 212 Å². The summed E-state index contributed by atoms with van der Waals surface area (Å²) in [5.41, 5.74) is 0.998. The molecule has 4 rings (SSSR count). The second-order valence-electron chi connectivity index (χ2n) is 8.06. The average Bonchev–Trinajstić information content (AvgIpc) is 2.85. The van der Waals surface area contributed by atoms with Crippen molar-refractivity contribution in [1.82, 2.24) is 10.2 Å². The Morgan fingerprint density at radius 1 is 1.11 bits per heavy atom. The minimum Gasteiger partial charge on any atom is -0.426 e. The van der Waals surface area contributed by atoms with Crippen LogP contribution in [0.1, 0.15) is 17.4 Å². The van der Waals surface area contributed by atoms with Gasteiger partial charge in [-0.2, -0.15) is 8.42 Å². The summed E-state index contributed by atoms with van der Waals surface area (Å²) in [7, 11) is -2.65. The molecular formula is C24H24N2O8S2. The highest BCUT2D eigenvalue weighted by atomic mass is 32.2. The van der Waals surface area contributed by atoms with Crippen LogP contribution in [0.5, 0.6) is 0 Å². The van der Waals surface area contributed by atoms with Crippen molar-refractivity contribution in [3.63, 3.8) is 0 Å². The Morgan fingerprint density at radius 2 is 1.75 bits per heavy atom. The molecule has 2 aromatic rings. The maximum atomic E-state index is 13.2. The van der Waals surface area contributed by atoms with Gasteiger partial charge < -0.3 is 19.0 Å². The largest absolute Gasteiger partial charge is 0.426 e. The van der Waals surface area contributed by atoms with Crippen molar-refractivity contribution >= 4 is 39.7 Å². The number of hydrogen-bond acceptors (Lipinski definition) is 9. The first kappa shape index (κ1) is 25.7. The maximum absolute atomic E-state index is 13.2. The fourth-order valence-corrected chi connectivity index (χ4v) is 5.68. The van der Waals surface area contributed by atoms with Crippen LogP contribution >= 0.6 is 11.8 Å². The zero-order valence-electron chi connectivity index (χ0n) is 19.4. The van der Waals surface area contributed by atoms with E-state index >= 15 is 0 Å². The van der Waals surface area contributed by atoms with Crippen molar-refractivity contribution in [1.29, 1.82) is 0 Å². The summed E-state index contributed by atoms with van der Waals surface area (Å²) < 4.78 is 39.5. The Morgan fingerprint density at radius 3 is 2.36 bits per heavy atom. The molecule has 3 atom stereocenters. The number of amides is 2. The van der Waals surface area contributed by atoms with Crippen molar-refractivity contribution in [3.05, 3.63) is 83.2 Å². The second-order valence-corrected chi connectivity index (χ2v) is 10.7. The maximum Gasteiger partial charge on any atom is 0.361 e. The average molecular weight is 533 g/mol. The topological polar surface area (TPSA) is 128 Å². The van der Waals surface area contributed by atoms with Crippen LogP contribution in [-0.4, -0.2) is 61.6 Å². The van der Waals surface area contributed by atoms with Gasteiger partial charge in [-0.05, 0) is 5.56 Å². The summed E-state index contributed by atoms with van der Waals surface area (Å²) in [5, 5.41) is 2.07. The van der Waals surface area contributed by atoms with E-state index in [0.717, 1.165) is 16.7 Å². The fourth-order valence-electron chi connectivity index (χ4n) is 3.85. The number of nitrogens with zero attached hydrogens (tertiary/aromatic N) is 1. The summed E-state index contributed by atoms with van der Waals surface area (Å²) in [6.07, 6.45) is -0.176. The van der Waals surface area contributed by atoms with E-state index in [4.69, 9.17) is 13.7 Å². The van der Waals surface area contributed by atoms with Gasteiger partial charge in [0.05, 0.1) is 18.4 Å². The molecule has 0 bridgehead atoms. The van der Waals surface area contributed by atoms with Crippen molar-refractivity contribution in [2.24, 2.45) is 0 Å². The number of thioether (sulfide) groups is 1. The molecule has 1 fully saturated rings. The van der Waals surface area contributed by atoms with Crippen LogP contribution in [0.15, 0.2) is 72.1 Å². The molecule has 1 N–H and O–H groups in total. The number of benzene rings is 2. The number of nitrogens with one attached hydrogen (secondary N) is 1. The number of esters is 1. The summed E-state index contributed by atoms with van der Waals surface area (Å²) in [6.45, 7) is 0. The predicted octanol–water partition coefficient (Wildman–Crippen LogP) is 1.71. The van der Waals surface area contributed by atoms with Gasteiger partial charge >= 0.3 is 16.1 Å². The van der Waals surface area contributed by atoms with Crippen molar-refractivity contribution in [2.45, 2.75) is 24.1 Å². The summed E-state index contributed by atoms with van der Waals surface area (Å²) in [4.78, 5) is 39.9. The Bertz CT molecular complexity index is 1280. The minimum atomic E-state index is -4.00. The zero-order valence-corrected chi connectivity index (χ0v) is 21.1. The highest BCUT2D eigenvalue weighted by Crippen LogP contribution is 2.41. The predicted molar refractivity (Wildman–Crippen MR) is 130 cm³/mol. The van der Waals surface area contributed by atoms with Gasteiger partial charge in [-0.3, -0.25) is 14.5 Å². The highest BCUT2D eigenvalue weighted by Gasteiger charge is 2.55. The standard InChI is InChI=1S/C24H24N2O8S2/c1-32-24(16-11-7-4-8-12-16)33-23(29)20-17(34-36(2,30)31)14-35-22-19(21(28)26(20)22)25-18(27)13-15-9-5-3-6-10-15/h3-12,19,22,24H,13-14H2,1-2H3,(H,25,27)/t19-,22+,24?/m1/s1. The molecule has 36 heavy (non-hydrogen) atoms. The zero-order chi connectivity index (χ0) is 25.9. The smallest absolute Gasteiger partial charge is 0.361 e. The van der Waals surface area contributed by atoms with E-state index in [1.54, 1.807) is 42.5 Å². The monoisotopic (exact) mass is 532 g/mol. The quantitative estimate of drug-likeness (QED) is 0.222. The van der Waals surface area contributed by atoms with Crippen LogP contribution in [0.4, 0.5) is 0 Å². The SMILES string of the molecule is COC(OC(=O)C1=C(OS(C)(=O)=O)CS[C@H]2[C@H](NC(=O)Cc3ccccc3)C(=O)N12)c1ccccc1. The third kappa shape index (κ3) is 5.72. The van der Waals surface area contributed by atoms with E-state index in [2.05, 4.69) is 5.32 Å². The number of hydrogen-bond donors (Lipinski definition) is 1. The molecular weight excluding hydrogens is 508 g/mol. The van der Waals surface area contributed by atoms with Gasteiger partial charge in [0.1, 0.15) is 11.4 Å². The Hall–Kier alpha value is -3.35. The lowest BCUT2D eigenvalue weighted by molar-refractivity contribution is -0.175. The van der Waals surface area contributed by atoms with Gasteiger partial charge in [0.15, 0.2) is 11.5 Å². The molecule has 0 saturated carbocycles. The first-order valence-corrected chi connectivity index (χ1v) is 13.7. The summed E-state index contributed by atoms with van der Waals surface area (Å²) in [6, 6.07) is 16.8. The van der Waals surface area contributed by atoms with Crippen molar-refractivity contribution in [3.8, 4) is 0 Å². The summed E-state index contributed by atoms with van der Waals surface area (Å²) >= 11 is 1.17. The molecule has 1 unspecified atom stereocenters. The molecule has 1 saturated heterocycles. The third-order valence-electron chi connectivity index (χ3n) is 5.40. The van der Waals surface area contributed by atoms with Crippen LogP contribution in [0, 0.1) is 0 Å². The van der Waals surface area contributed by atoms with Crippen molar-refractivity contribution in [2.75, 3.05) is 19.1 Å². The minimum absolute atomic E-state index is 0.0278. The molecule has 0 aliphatic carbocycles. The molecule has 2 heterocycles. The number of ether oxygens (including phenoxy) is 2. The fraction of sp³-hybridized carbons (Fsp3) is 0.292. The van der Waals surface area contributed by atoms with Crippen LogP contribution in [0.2, 0.25) is 0 Å². The molecule has 0 aromatic heterocycles. The number of β-lactam (4-membered cyclic amide) rings is 1. The lowest BCUT2D eigenvalue weighted by atomic mass is 10.0. The molecule has 2 amide bonds.